The Labute approximate surface area is 228 Å². The van der Waals surface area contributed by atoms with Gasteiger partial charge in [0.1, 0.15) is 24.4 Å². The number of quaternary nitrogens is 1. The molecule has 0 aromatic heterocycles. The summed E-state index contributed by atoms with van der Waals surface area (Å²) in [4.78, 5) is 0. The van der Waals surface area contributed by atoms with Crippen LogP contribution in [-0.4, -0.2) is 44.1 Å². The molecule has 4 heteroatoms. The molecule has 3 atom stereocenters. The number of morpholine rings is 1. The van der Waals surface area contributed by atoms with E-state index in [1.807, 2.05) is 6.92 Å². The second kappa shape index (κ2) is 13.2. The minimum absolute atomic E-state index is 0.118. The summed E-state index contributed by atoms with van der Waals surface area (Å²) in [5.41, 5.74) is 4.27. The Balaban J connectivity index is 1.54. The Hall–Kier alpha value is -1.26. The standard InChI is InChI=1S/C33H57NO3/c1-24(2)12-9-13-25(3)14-10-15-26(4)16-11-18-33(7)19-17-29-30(34(8)20-22-36-23-21-34)31(35)27(5)28(6)32(29)37-33/h24-26H,9-23H2,1-8H3/p+1. The van der Waals surface area contributed by atoms with Gasteiger partial charge in [-0.15, -0.1) is 0 Å². The van der Waals surface area contributed by atoms with E-state index in [0.717, 1.165) is 90.4 Å². The van der Waals surface area contributed by atoms with Gasteiger partial charge in [0.25, 0.3) is 0 Å². The van der Waals surface area contributed by atoms with Crippen LogP contribution in [0.15, 0.2) is 0 Å². The molecule has 0 spiro atoms. The molecule has 2 aliphatic rings. The third kappa shape index (κ3) is 7.88. The quantitative estimate of drug-likeness (QED) is 0.267. The van der Waals surface area contributed by atoms with Crippen LogP contribution in [0.1, 0.15) is 116 Å². The van der Waals surface area contributed by atoms with Crippen molar-refractivity contribution in [3.63, 3.8) is 0 Å². The summed E-state index contributed by atoms with van der Waals surface area (Å²) in [7, 11) is 2.24. The van der Waals surface area contributed by atoms with E-state index in [4.69, 9.17) is 9.47 Å². The van der Waals surface area contributed by atoms with Crippen molar-refractivity contribution in [2.45, 2.75) is 125 Å². The van der Waals surface area contributed by atoms with Crippen LogP contribution >= 0.6 is 0 Å². The second-order valence-corrected chi connectivity index (χ2v) is 13.6. The van der Waals surface area contributed by atoms with E-state index in [0.29, 0.717) is 5.75 Å². The number of nitrogens with zero attached hydrogens (tertiary/aromatic N) is 1. The highest BCUT2D eigenvalue weighted by Crippen LogP contribution is 2.50. The highest BCUT2D eigenvalue weighted by atomic mass is 16.5. The van der Waals surface area contributed by atoms with Gasteiger partial charge in [0, 0.05) is 5.56 Å². The Morgan fingerprint density at radius 2 is 1.43 bits per heavy atom. The largest absolute Gasteiger partial charge is 0.503 e. The van der Waals surface area contributed by atoms with Crippen molar-refractivity contribution in [1.82, 2.24) is 4.48 Å². The number of fused-ring (bicyclic) bond motifs is 1. The monoisotopic (exact) mass is 516 g/mol. The number of aromatic hydroxyl groups is 1. The van der Waals surface area contributed by atoms with Crippen molar-refractivity contribution in [2.75, 3.05) is 33.4 Å². The minimum atomic E-state index is -0.118. The first kappa shape index (κ1) is 30.3. The summed E-state index contributed by atoms with van der Waals surface area (Å²) in [5.74, 6) is 4.02. The van der Waals surface area contributed by atoms with Crippen LogP contribution in [0.5, 0.6) is 11.5 Å². The van der Waals surface area contributed by atoms with Crippen LogP contribution in [0.3, 0.4) is 0 Å². The number of ether oxygens (including phenoxy) is 2. The van der Waals surface area contributed by atoms with Crippen LogP contribution in [0.2, 0.25) is 0 Å². The first-order chi connectivity index (χ1) is 17.5. The fourth-order valence-corrected chi connectivity index (χ4v) is 6.59. The lowest BCUT2D eigenvalue weighted by Crippen LogP contribution is -2.54. The predicted octanol–water partition coefficient (Wildman–Crippen LogP) is 8.50. The molecule has 1 aromatic rings. The van der Waals surface area contributed by atoms with Gasteiger partial charge < -0.3 is 14.6 Å². The molecular weight excluding hydrogens is 458 g/mol. The topological polar surface area (TPSA) is 38.7 Å². The molecular formula is C33H58NO3+. The molecule has 1 N–H and O–H groups in total. The highest BCUT2D eigenvalue weighted by Gasteiger charge is 2.41. The fraction of sp³-hybridized carbons (Fsp3) is 0.818. The summed E-state index contributed by atoms with van der Waals surface area (Å²) in [6, 6.07) is 0. The molecule has 212 valence electrons. The van der Waals surface area contributed by atoms with Crippen molar-refractivity contribution in [3.05, 3.63) is 16.7 Å². The maximum absolute atomic E-state index is 11.2. The lowest BCUT2D eigenvalue weighted by Gasteiger charge is -2.43. The smallest absolute Gasteiger partial charge is 0.182 e. The van der Waals surface area contributed by atoms with E-state index in [1.54, 1.807) is 0 Å². The van der Waals surface area contributed by atoms with Gasteiger partial charge in [-0.2, -0.15) is 0 Å². The SMILES string of the molecule is Cc1c(C)c2c(c([N+]3(C)CCOCC3)c1O)CCC(C)(CCCC(C)CCCC(C)CCCC(C)C)O2. The number of rotatable bonds is 13. The first-order valence-electron chi connectivity index (χ1n) is 15.4. The van der Waals surface area contributed by atoms with Gasteiger partial charge in [-0.1, -0.05) is 72.6 Å². The zero-order valence-electron chi connectivity index (χ0n) is 25.5. The molecule has 4 nitrogen and oxygen atoms in total. The van der Waals surface area contributed by atoms with E-state index < -0.39 is 0 Å². The molecule has 1 fully saturated rings. The van der Waals surface area contributed by atoms with Gasteiger partial charge in [-0.05, 0) is 69.8 Å². The maximum atomic E-state index is 11.2. The average molecular weight is 517 g/mol. The molecule has 2 heterocycles. The average Bonchev–Trinajstić information content (AvgIpc) is 2.83. The van der Waals surface area contributed by atoms with Crippen LogP contribution in [0.4, 0.5) is 5.69 Å². The van der Waals surface area contributed by atoms with E-state index in [2.05, 4.69) is 48.6 Å². The van der Waals surface area contributed by atoms with E-state index >= 15 is 0 Å². The summed E-state index contributed by atoms with van der Waals surface area (Å²) < 4.78 is 13.2. The Kier molecular flexibility index (Phi) is 10.8. The molecule has 0 amide bonds. The lowest BCUT2D eigenvalue weighted by atomic mass is 9.84. The molecule has 1 saturated heterocycles. The van der Waals surface area contributed by atoms with Crippen LogP contribution in [0.25, 0.3) is 0 Å². The van der Waals surface area contributed by atoms with Crippen molar-refractivity contribution < 1.29 is 14.6 Å². The number of phenolic OH excluding ortho intramolecular Hbond substituents is 1. The number of hydrogen-bond acceptors (Lipinski definition) is 3. The number of hydrogen-bond donors (Lipinski definition) is 1. The van der Waals surface area contributed by atoms with Gasteiger partial charge in [0.15, 0.2) is 11.4 Å². The maximum Gasteiger partial charge on any atom is 0.182 e. The summed E-state index contributed by atoms with van der Waals surface area (Å²) in [6.45, 7) is 19.3. The summed E-state index contributed by atoms with van der Waals surface area (Å²) in [6.07, 6.45) is 13.9. The molecule has 1 aromatic carbocycles. The molecule has 37 heavy (non-hydrogen) atoms. The molecule has 0 radical (unpaired) electrons. The number of likely N-dealkylation sites (N-methyl/N-ethyl adjacent to an activating group) is 1. The van der Waals surface area contributed by atoms with Gasteiger partial charge in [0.05, 0.1) is 25.8 Å². The van der Waals surface area contributed by atoms with Crippen molar-refractivity contribution in [1.29, 1.82) is 0 Å². The molecule has 0 saturated carbocycles. The van der Waals surface area contributed by atoms with Crippen LogP contribution < -0.4 is 9.22 Å². The predicted molar refractivity (Wildman–Crippen MR) is 158 cm³/mol. The van der Waals surface area contributed by atoms with Gasteiger partial charge >= 0.3 is 0 Å². The zero-order valence-corrected chi connectivity index (χ0v) is 25.5. The summed E-state index contributed by atoms with van der Waals surface area (Å²) >= 11 is 0. The number of benzene rings is 1. The minimum Gasteiger partial charge on any atom is -0.503 e. The fourth-order valence-electron chi connectivity index (χ4n) is 6.59. The van der Waals surface area contributed by atoms with Gasteiger partial charge in [0.2, 0.25) is 0 Å². The van der Waals surface area contributed by atoms with E-state index in [-0.39, 0.29) is 5.60 Å². The van der Waals surface area contributed by atoms with Gasteiger partial charge in [-0.25, -0.2) is 0 Å². The Morgan fingerprint density at radius 1 is 0.865 bits per heavy atom. The van der Waals surface area contributed by atoms with Crippen LogP contribution in [0, 0.1) is 31.6 Å². The molecule has 3 rings (SSSR count). The summed E-state index contributed by atoms with van der Waals surface area (Å²) in [5, 5.41) is 11.2. The molecule has 3 unspecified atom stereocenters. The molecule has 0 bridgehead atoms. The lowest BCUT2D eigenvalue weighted by molar-refractivity contribution is 0.0430. The third-order valence-corrected chi connectivity index (χ3v) is 9.57. The first-order valence-corrected chi connectivity index (χ1v) is 15.4. The molecule has 2 aliphatic heterocycles. The third-order valence-electron chi connectivity index (χ3n) is 9.57. The second-order valence-electron chi connectivity index (χ2n) is 13.6. The zero-order chi connectivity index (χ0) is 27.2. The molecule has 0 aliphatic carbocycles. The normalized spacial score (nSPS) is 22.9. The van der Waals surface area contributed by atoms with E-state index in [9.17, 15) is 5.11 Å². The van der Waals surface area contributed by atoms with E-state index in [1.165, 1.54) is 56.9 Å². The van der Waals surface area contributed by atoms with Crippen molar-refractivity contribution >= 4 is 5.69 Å². The Morgan fingerprint density at radius 3 is 2.03 bits per heavy atom. The van der Waals surface area contributed by atoms with Crippen LogP contribution in [-0.2, 0) is 11.2 Å². The Bertz CT molecular complexity index is 873. The van der Waals surface area contributed by atoms with Crippen molar-refractivity contribution in [3.8, 4) is 11.5 Å². The highest BCUT2D eigenvalue weighted by molar-refractivity contribution is 5.71. The van der Waals surface area contributed by atoms with Gasteiger partial charge in [-0.3, -0.25) is 4.48 Å². The van der Waals surface area contributed by atoms with Crippen molar-refractivity contribution in [2.24, 2.45) is 17.8 Å². The number of phenols is 1.